The van der Waals surface area contributed by atoms with Crippen molar-refractivity contribution in [2.45, 2.75) is 38.6 Å². The normalized spacial score (nSPS) is 14.1. The summed E-state index contributed by atoms with van der Waals surface area (Å²) >= 11 is 0.878. The first-order valence-corrected chi connectivity index (χ1v) is 8.40. The quantitative estimate of drug-likeness (QED) is 0.664. The molecule has 1 amide bonds. The summed E-state index contributed by atoms with van der Waals surface area (Å²) in [6, 6.07) is 2.82. The molecule has 9 heteroatoms. The minimum Gasteiger partial charge on any atom is -0.351 e. The molecule has 23 heavy (non-hydrogen) atoms. The molecule has 0 saturated carbocycles. The van der Waals surface area contributed by atoms with Gasteiger partial charge in [-0.25, -0.2) is 0 Å². The number of fused-ring (bicyclic) bond motifs is 1. The van der Waals surface area contributed by atoms with Crippen molar-refractivity contribution in [2.24, 2.45) is 0 Å². The molecule has 0 aliphatic carbocycles. The minimum absolute atomic E-state index is 0.0297. The minimum atomic E-state index is -0.493. The van der Waals surface area contributed by atoms with E-state index in [0.717, 1.165) is 48.8 Å². The third-order valence-electron chi connectivity index (χ3n) is 3.82. The van der Waals surface area contributed by atoms with E-state index in [9.17, 15) is 14.9 Å². The van der Waals surface area contributed by atoms with Crippen LogP contribution < -0.4 is 5.32 Å². The molecule has 8 nitrogen and oxygen atoms in total. The Hall–Kier alpha value is -2.29. The van der Waals surface area contributed by atoms with Crippen molar-refractivity contribution in [1.82, 2.24) is 20.1 Å². The molecular weight excluding hydrogens is 318 g/mol. The second-order valence-corrected chi connectivity index (χ2v) is 6.46. The molecule has 2 aromatic rings. The van der Waals surface area contributed by atoms with Crippen LogP contribution in [0, 0.1) is 10.1 Å². The van der Waals surface area contributed by atoms with Gasteiger partial charge in [-0.2, -0.15) is 0 Å². The van der Waals surface area contributed by atoms with Crippen molar-refractivity contribution in [3.05, 3.63) is 38.8 Å². The van der Waals surface area contributed by atoms with Crippen LogP contribution >= 0.6 is 11.3 Å². The SMILES string of the molecule is O=C(NCCc1nnc2n1CCCCC2)c1ccc([N+](=O)[O-])s1. The van der Waals surface area contributed by atoms with Crippen molar-refractivity contribution in [3.8, 4) is 0 Å². The zero-order valence-electron chi connectivity index (χ0n) is 12.5. The summed E-state index contributed by atoms with van der Waals surface area (Å²) in [5.41, 5.74) is 0. The molecule has 2 aromatic heterocycles. The van der Waals surface area contributed by atoms with Crippen molar-refractivity contribution in [2.75, 3.05) is 6.54 Å². The van der Waals surface area contributed by atoms with Crippen molar-refractivity contribution < 1.29 is 9.72 Å². The summed E-state index contributed by atoms with van der Waals surface area (Å²) in [7, 11) is 0. The van der Waals surface area contributed by atoms with Crippen molar-refractivity contribution >= 4 is 22.2 Å². The predicted octanol–water partition coefficient (Wildman–Crippen LogP) is 1.95. The summed E-state index contributed by atoms with van der Waals surface area (Å²) in [4.78, 5) is 22.5. The molecule has 3 heterocycles. The van der Waals surface area contributed by atoms with E-state index in [1.165, 1.54) is 18.6 Å². The Morgan fingerprint density at radius 3 is 3.00 bits per heavy atom. The average molecular weight is 335 g/mol. The highest BCUT2D eigenvalue weighted by molar-refractivity contribution is 7.17. The van der Waals surface area contributed by atoms with Gasteiger partial charge >= 0.3 is 5.00 Å². The smallest absolute Gasteiger partial charge is 0.324 e. The van der Waals surface area contributed by atoms with E-state index in [1.54, 1.807) is 0 Å². The number of nitrogens with one attached hydrogen (secondary N) is 1. The van der Waals surface area contributed by atoms with Crippen LogP contribution in [0.4, 0.5) is 5.00 Å². The molecule has 0 atom stereocenters. The summed E-state index contributed by atoms with van der Waals surface area (Å²) in [5, 5.41) is 21.8. The van der Waals surface area contributed by atoms with Crippen LogP contribution in [0.1, 0.15) is 40.6 Å². The fraction of sp³-hybridized carbons (Fsp3) is 0.500. The highest BCUT2D eigenvalue weighted by Crippen LogP contribution is 2.23. The van der Waals surface area contributed by atoms with Crippen LogP contribution in [0.15, 0.2) is 12.1 Å². The number of amides is 1. The largest absolute Gasteiger partial charge is 0.351 e. The number of carbonyl (C=O) groups excluding carboxylic acids is 1. The molecule has 0 aromatic carbocycles. The number of aryl methyl sites for hydroxylation is 1. The van der Waals surface area contributed by atoms with Crippen LogP contribution in [0.25, 0.3) is 0 Å². The molecule has 0 bridgehead atoms. The van der Waals surface area contributed by atoms with E-state index in [0.29, 0.717) is 17.8 Å². The van der Waals surface area contributed by atoms with Gasteiger partial charge in [0.2, 0.25) is 0 Å². The van der Waals surface area contributed by atoms with Crippen LogP contribution in [0.2, 0.25) is 0 Å². The molecule has 1 aliphatic rings. The van der Waals surface area contributed by atoms with E-state index in [2.05, 4.69) is 20.1 Å². The summed E-state index contributed by atoms with van der Waals surface area (Å²) in [5.74, 6) is 1.62. The molecule has 122 valence electrons. The lowest BCUT2D eigenvalue weighted by molar-refractivity contribution is -0.380. The standard InChI is InChI=1S/C14H17N5O3S/c20-14(10-5-6-13(23-10)19(21)22)15-8-7-12-17-16-11-4-2-1-3-9-18(11)12/h5-6H,1-4,7-9H2,(H,15,20). The van der Waals surface area contributed by atoms with Gasteiger partial charge in [-0.3, -0.25) is 14.9 Å². The van der Waals surface area contributed by atoms with Crippen LogP contribution in [0.5, 0.6) is 0 Å². The molecule has 1 N–H and O–H groups in total. The Labute approximate surface area is 136 Å². The second-order valence-electron chi connectivity index (χ2n) is 5.40. The van der Waals surface area contributed by atoms with E-state index in [1.807, 2.05) is 0 Å². The molecule has 0 radical (unpaired) electrons. The first-order valence-electron chi connectivity index (χ1n) is 7.58. The molecule has 0 fully saturated rings. The average Bonchev–Trinajstić information content (AvgIpc) is 3.10. The highest BCUT2D eigenvalue weighted by atomic mass is 32.1. The lowest BCUT2D eigenvalue weighted by Gasteiger charge is -2.07. The van der Waals surface area contributed by atoms with Gasteiger partial charge in [0.25, 0.3) is 5.91 Å². The number of hydrogen-bond donors (Lipinski definition) is 1. The molecular formula is C14H17N5O3S. The lowest BCUT2D eigenvalue weighted by Crippen LogP contribution is -2.25. The fourth-order valence-corrected chi connectivity index (χ4v) is 3.39. The first-order chi connectivity index (χ1) is 11.1. The summed E-state index contributed by atoms with van der Waals surface area (Å²) < 4.78 is 2.15. The van der Waals surface area contributed by atoms with Gasteiger partial charge in [-0.1, -0.05) is 17.8 Å². The molecule has 0 unspecified atom stereocenters. The number of thiophene rings is 1. The van der Waals surface area contributed by atoms with E-state index < -0.39 is 4.92 Å². The van der Waals surface area contributed by atoms with Gasteiger partial charge in [0.05, 0.1) is 9.80 Å². The predicted molar refractivity (Wildman–Crippen MR) is 84.6 cm³/mol. The number of rotatable bonds is 5. The zero-order chi connectivity index (χ0) is 16.2. The molecule has 0 spiro atoms. The number of nitro groups is 1. The fourth-order valence-electron chi connectivity index (χ4n) is 2.65. The maximum absolute atomic E-state index is 12.0. The zero-order valence-corrected chi connectivity index (χ0v) is 13.3. The molecule has 1 aliphatic heterocycles. The summed E-state index contributed by atoms with van der Waals surface area (Å²) in [6.45, 7) is 1.37. The summed E-state index contributed by atoms with van der Waals surface area (Å²) in [6.07, 6.45) is 5.04. The number of carbonyl (C=O) groups is 1. The van der Waals surface area contributed by atoms with Gasteiger partial charge < -0.3 is 9.88 Å². The molecule has 3 rings (SSSR count). The monoisotopic (exact) mass is 335 g/mol. The maximum atomic E-state index is 12.0. The van der Waals surface area contributed by atoms with Crippen molar-refractivity contribution in [1.29, 1.82) is 0 Å². The van der Waals surface area contributed by atoms with Gasteiger partial charge in [-0.15, -0.1) is 10.2 Å². The van der Waals surface area contributed by atoms with Gasteiger partial charge in [0, 0.05) is 32.0 Å². The second kappa shape index (κ2) is 6.86. The topological polar surface area (TPSA) is 103 Å². The Morgan fingerprint density at radius 2 is 2.22 bits per heavy atom. The maximum Gasteiger partial charge on any atom is 0.324 e. The Bertz CT molecular complexity index is 724. The molecule has 0 saturated heterocycles. The Balaban J connectivity index is 1.56. The van der Waals surface area contributed by atoms with Crippen LogP contribution in [-0.2, 0) is 19.4 Å². The highest BCUT2D eigenvalue weighted by Gasteiger charge is 2.17. The van der Waals surface area contributed by atoms with Gasteiger partial charge in [0.1, 0.15) is 11.6 Å². The number of hydrogen-bond acceptors (Lipinski definition) is 6. The Morgan fingerprint density at radius 1 is 1.35 bits per heavy atom. The van der Waals surface area contributed by atoms with Crippen LogP contribution in [-0.4, -0.2) is 32.1 Å². The first kappa shape index (κ1) is 15.6. The van der Waals surface area contributed by atoms with Gasteiger partial charge in [-0.05, 0) is 18.9 Å². The Kier molecular flexibility index (Phi) is 4.65. The van der Waals surface area contributed by atoms with E-state index >= 15 is 0 Å². The third kappa shape index (κ3) is 3.55. The van der Waals surface area contributed by atoms with E-state index in [4.69, 9.17) is 0 Å². The van der Waals surface area contributed by atoms with Crippen LogP contribution in [0.3, 0.4) is 0 Å². The number of nitrogens with zero attached hydrogens (tertiary/aromatic N) is 4. The van der Waals surface area contributed by atoms with Crippen molar-refractivity contribution in [3.63, 3.8) is 0 Å². The van der Waals surface area contributed by atoms with E-state index in [-0.39, 0.29) is 10.9 Å². The third-order valence-corrected chi connectivity index (χ3v) is 4.85. The van der Waals surface area contributed by atoms with Gasteiger partial charge in [0.15, 0.2) is 0 Å². The number of aromatic nitrogens is 3. The lowest BCUT2D eigenvalue weighted by atomic mass is 10.2.